The van der Waals surface area contributed by atoms with Gasteiger partial charge in [-0.05, 0) is 36.8 Å². The molecule has 10 heteroatoms. The van der Waals surface area contributed by atoms with Gasteiger partial charge in [0.2, 0.25) is 0 Å². The molecule has 0 N–H and O–H groups in total. The Hall–Kier alpha value is -2.88. The van der Waals surface area contributed by atoms with Gasteiger partial charge in [0, 0.05) is 34.3 Å². The molecule has 0 saturated heterocycles. The molecule has 0 fully saturated rings. The lowest BCUT2D eigenvalue weighted by Gasteiger charge is -2.19. The SMILES string of the molecule is Cc1csc2nc(CSCC(=O)N3N=C(c4ccc(Cl)cc4)CC3c3ccco3)cc(=O)n12. The molecule has 4 aromatic rings. The van der Waals surface area contributed by atoms with E-state index in [2.05, 4.69) is 10.1 Å². The fraction of sp³-hybridized carbons (Fsp3) is 0.217. The second kappa shape index (κ2) is 9.17. The fourth-order valence-electron chi connectivity index (χ4n) is 3.74. The largest absolute Gasteiger partial charge is 0.467 e. The van der Waals surface area contributed by atoms with Crippen molar-refractivity contribution in [1.82, 2.24) is 14.4 Å². The van der Waals surface area contributed by atoms with Gasteiger partial charge in [0.15, 0.2) is 4.96 Å². The number of carbonyl (C=O) groups is 1. The van der Waals surface area contributed by atoms with E-state index in [-0.39, 0.29) is 23.3 Å². The molecule has 1 aliphatic rings. The van der Waals surface area contributed by atoms with Crippen molar-refractivity contribution in [2.45, 2.75) is 25.1 Å². The van der Waals surface area contributed by atoms with Crippen molar-refractivity contribution in [3.05, 3.63) is 92.2 Å². The van der Waals surface area contributed by atoms with Gasteiger partial charge in [0.25, 0.3) is 11.5 Å². The quantitative estimate of drug-likeness (QED) is 0.377. The van der Waals surface area contributed by atoms with E-state index in [9.17, 15) is 9.59 Å². The number of furan rings is 1. The Morgan fingerprint density at radius 1 is 1.30 bits per heavy atom. The van der Waals surface area contributed by atoms with Crippen LogP contribution in [0.25, 0.3) is 4.96 Å². The first-order valence-corrected chi connectivity index (χ1v) is 12.6. The number of hydrogen-bond acceptors (Lipinski definition) is 7. The third-order valence-electron chi connectivity index (χ3n) is 5.32. The number of nitrogens with zero attached hydrogens (tertiary/aromatic N) is 4. The van der Waals surface area contributed by atoms with Crippen molar-refractivity contribution < 1.29 is 9.21 Å². The van der Waals surface area contributed by atoms with Crippen LogP contribution in [0.1, 0.15) is 35.2 Å². The summed E-state index contributed by atoms with van der Waals surface area (Å²) >= 11 is 8.85. The molecule has 1 aliphatic heterocycles. The molecule has 0 aliphatic carbocycles. The van der Waals surface area contributed by atoms with E-state index in [0.717, 1.165) is 17.0 Å². The molecule has 1 atom stereocenters. The van der Waals surface area contributed by atoms with Crippen molar-refractivity contribution in [3.8, 4) is 0 Å². The Morgan fingerprint density at radius 3 is 2.88 bits per heavy atom. The van der Waals surface area contributed by atoms with E-state index in [1.807, 2.05) is 42.6 Å². The molecule has 33 heavy (non-hydrogen) atoms. The van der Waals surface area contributed by atoms with Crippen molar-refractivity contribution in [1.29, 1.82) is 0 Å². The second-order valence-electron chi connectivity index (χ2n) is 7.60. The average Bonchev–Trinajstić information content (AvgIpc) is 3.54. The van der Waals surface area contributed by atoms with Gasteiger partial charge in [-0.15, -0.1) is 23.1 Å². The smallest absolute Gasteiger partial charge is 0.258 e. The predicted octanol–water partition coefficient (Wildman–Crippen LogP) is 4.92. The lowest BCUT2D eigenvalue weighted by atomic mass is 10.0. The van der Waals surface area contributed by atoms with Crippen LogP contribution in [-0.2, 0) is 10.5 Å². The number of fused-ring (bicyclic) bond motifs is 1. The number of benzene rings is 1. The van der Waals surface area contributed by atoms with Crippen LogP contribution in [0.2, 0.25) is 5.02 Å². The molecule has 1 amide bonds. The molecule has 0 radical (unpaired) electrons. The van der Waals surface area contributed by atoms with Gasteiger partial charge in [0.05, 0.1) is 23.4 Å². The van der Waals surface area contributed by atoms with Crippen LogP contribution in [-0.4, -0.2) is 31.8 Å². The minimum atomic E-state index is -0.299. The Morgan fingerprint density at radius 2 is 2.12 bits per heavy atom. The predicted molar refractivity (Wildman–Crippen MR) is 131 cm³/mol. The summed E-state index contributed by atoms with van der Waals surface area (Å²) in [5.74, 6) is 1.23. The fourth-order valence-corrected chi connectivity index (χ4v) is 5.53. The standard InChI is InChI=1S/C23H19ClN4O3S2/c1-14-11-33-23-25-17(9-21(29)27(14)23)12-32-13-22(30)28-19(20-3-2-8-31-20)10-18(26-28)15-4-6-16(24)7-5-15/h2-9,11,19H,10,12-13H2,1H3. The average molecular weight is 499 g/mol. The summed E-state index contributed by atoms with van der Waals surface area (Å²) in [5.41, 5.74) is 3.15. The Kier molecular flexibility index (Phi) is 6.09. The molecular weight excluding hydrogens is 480 g/mol. The zero-order chi connectivity index (χ0) is 22.9. The van der Waals surface area contributed by atoms with E-state index in [1.165, 1.54) is 34.2 Å². The summed E-state index contributed by atoms with van der Waals surface area (Å²) in [6, 6.07) is 12.3. The van der Waals surface area contributed by atoms with Gasteiger partial charge in [-0.3, -0.25) is 14.0 Å². The number of rotatable bonds is 6. The van der Waals surface area contributed by atoms with Gasteiger partial charge < -0.3 is 4.42 Å². The van der Waals surface area contributed by atoms with Crippen molar-refractivity contribution >= 4 is 51.3 Å². The summed E-state index contributed by atoms with van der Waals surface area (Å²) in [4.78, 5) is 30.7. The minimum Gasteiger partial charge on any atom is -0.467 e. The molecule has 0 saturated carbocycles. The first-order chi connectivity index (χ1) is 16.0. The number of thioether (sulfide) groups is 1. The van der Waals surface area contributed by atoms with Crippen molar-refractivity contribution in [3.63, 3.8) is 0 Å². The summed E-state index contributed by atoms with van der Waals surface area (Å²) in [7, 11) is 0. The highest BCUT2D eigenvalue weighted by Crippen LogP contribution is 2.34. The van der Waals surface area contributed by atoms with Crippen LogP contribution in [0.3, 0.4) is 0 Å². The number of hydrazone groups is 1. The van der Waals surface area contributed by atoms with E-state index in [0.29, 0.717) is 33.6 Å². The zero-order valence-electron chi connectivity index (χ0n) is 17.6. The molecule has 5 rings (SSSR count). The summed E-state index contributed by atoms with van der Waals surface area (Å²) in [6.07, 6.45) is 2.15. The normalized spacial score (nSPS) is 15.9. The van der Waals surface area contributed by atoms with Crippen LogP contribution in [0.4, 0.5) is 0 Å². The Bertz CT molecular complexity index is 1390. The van der Waals surface area contributed by atoms with E-state index < -0.39 is 0 Å². The first kappa shape index (κ1) is 21.9. The Balaban J connectivity index is 1.31. The van der Waals surface area contributed by atoms with Gasteiger partial charge in [0.1, 0.15) is 11.8 Å². The van der Waals surface area contributed by atoms with Gasteiger partial charge in [-0.25, -0.2) is 9.99 Å². The maximum absolute atomic E-state index is 13.1. The third kappa shape index (κ3) is 4.48. The van der Waals surface area contributed by atoms with Crippen LogP contribution in [0.15, 0.2) is 68.4 Å². The molecule has 3 aromatic heterocycles. The van der Waals surface area contributed by atoms with E-state index >= 15 is 0 Å². The number of aryl methyl sites for hydroxylation is 1. The van der Waals surface area contributed by atoms with Crippen LogP contribution in [0, 0.1) is 6.92 Å². The summed E-state index contributed by atoms with van der Waals surface area (Å²) in [5, 5.41) is 8.68. The number of hydrogen-bond donors (Lipinski definition) is 0. The summed E-state index contributed by atoms with van der Waals surface area (Å²) in [6.45, 7) is 1.88. The number of carbonyl (C=O) groups excluding carboxylic acids is 1. The highest BCUT2D eigenvalue weighted by molar-refractivity contribution is 7.99. The van der Waals surface area contributed by atoms with Crippen LogP contribution >= 0.6 is 34.7 Å². The van der Waals surface area contributed by atoms with Crippen LogP contribution in [0.5, 0.6) is 0 Å². The van der Waals surface area contributed by atoms with Crippen molar-refractivity contribution in [2.75, 3.05) is 5.75 Å². The van der Waals surface area contributed by atoms with Crippen LogP contribution < -0.4 is 5.56 Å². The lowest BCUT2D eigenvalue weighted by Crippen LogP contribution is -2.28. The first-order valence-electron chi connectivity index (χ1n) is 10.2. The number of halogens is 1. The third-order valence-corrected chi connectivity index (χ3v) is 7.47. The molecule has 7 nitrogen and oxygen atoms in total. The van der Waals surface area contributed by atoms with E-state index in [1.54, 1.807) is 16.7 Å². The molecule has 0 spiro atoms. The van der Waals surface area contributed by atoms with E-state index in [4.69, 9.17) is 16.0 Å². The maximum Gasteiger partial charge on any atom is 0.258 e. The number of aromatic nitrogens is 2. The number of thiazole rings is 1. The number of amides is 1. The molecule has 168 valence electrons. The maximum atomic E-state index is 13.1. The zero-order valence-corrected chi connectivity index (χ0v) is 20.0. The minimum absolute atomic E-state index is 0.102. The van der Waals surface area contributed by atoms with Gasteiger partial charge in [-0.1, -0.05) is 23.7 Å². The second-order valence-corrected chi connectivity index (χ2v) is 9.86. The Labute approximate surface area is 202 Å². The highest BCUT2D eigenvalue weighted by atomic mass is 35.5. The topological polar surface area (TPSA) is 80.2 Å². The molecule has 4 heterocycles. The summed E-state index contributed by atoms with van der Waals surface area (Å²) < 4.78 is 7.18. The molecule has 1 unspecified atom stereocenters. The molecule has 1 aromatic carbocycles. The van der Waals surface area contributed by atoms with Gasteiger partial charge >= 0.3 is 0 Å². The highest BCUT2D eigenvalue weighted by Gasteiger charge is 2.34. The lowest BCUT2D eigenvalue weighted by molar-refractivity contribution is -0.130. The molecular formula is C23H19ClN4O3S2. The van der Waals surface area contributed by atoms with Crippen molar-refractivity contribution in [2.24, 2.45) is 5.10 Å². The molecule has 0 bridgehead atoms. The monoisotopic (exact) mass is 498 g/mol. The van der Waals surface area contributed by atoms with Gasteiger partial charge in [-0.2, -0.15) is 5.10 Å².